The lowest BCUT2D eigenvalue weighted by molar-refractivity contribution is 0.254. The Morgan fingerprint density at radius 2 is 1.77 bits per heavy atom. The highest BCUT2D eigenvalue weighted by Crippen LogP contribution is 2.48. The van der Waals surface area contributed by atoms with E-state index in [1.54, 1.807) is 12.1 Å². The van der Waals surface area contributed by atoms with Gasteiger partial charge >= 0.3 is 0 Å². The van der Waals surface area contributed by atoms with Crippen LogP contribution in [0.15, 0.2) is 52.0 Å². The van der Waals surface area contributed by atoms with Crippen LogP contribution in [0.3, 0.4) is 0 Å². The molecule has 0 spiro atoms. The van der Waals surface area contributed by atoms with E-state index in [0.717, 1.165) is 47.1 Å². The lowest BCUT2D eigenvalue weighted by Gasteiger charge is -2.31. The first-order valence-electron chi connectivity index (χ1n) is 14.1. The number of anilines is 4. The number of fused-ring (bicyclic) bond motifs is 1. The summed E-state index contributed by atoms with van der Waals surface area (Å²) in [6.07, 6.45) is 3.84. The van der Waals surface area contributed by atoms with Crippen LogP contribution in [0.5, 0.6) is 5.75 Å². The smallest absolute Gasteiger partial charge is 0.255 e. The van der Waals surface area contributed by atoms with Crippen molar-refractivity contribution in [2.75, 3.05) is 30.2 Å². The summed E-state index contributed by atoms with van der Waals surface area (Å²) in [7, 11) is -1.69. The molecule has 1 aromatic heterocycles. The third-order valence-corrected chi connectivity index (χ3v) is 10.5. The SMILES string of the molecule is Cc1cc(N(N=O)c2ncc(Cl)c(N(N=O)c3ccccc3S(=O)(=O)C(C)C)n2)c2c(c1C1CCN(C)CC1)C[C@@H](C)O2. The largest absolute Gasteiger partial charge is 0.488 e. The second kappa shape index (κ2) is 12.1. The molecule has 5 rings (SSSR count). The number of nitroso groups, excluding NO2 is 2. The van der Waals surface area contributed by atoms with Crippen molar-refractivity contribution in [1.29, 1.82) is 0 Å². The Labute approximate surface area is 255 Å². The van der Waals surface area contributed by atoms with Gasteiger partial charge in [0.25, 0.3) is 5.95 Å². The van der Waals surface area contributed by atoms with E-state index in [0.29, 0.717) is 23.8 Å². The van der Waals surface area contributed by atoms with E-state index in [-0.39, 0.29) is 33.5 Å². The number of nitrogens with zero attached hydrogens (tertiary/aromatic N) is 7. The molecule has 14 heteroatoms. The molecule has 2 aliphatic rings. The number of sulfone groups is 1. The summed E-state index contributed by atoms with van der Waals surface area (Å²) in [6, 6.07) is 7.78. The van der Waals surface area contributed by atoms with Gasteiger partial charge in [-0.05, 0) is 95.9 Å². The number of halogens is 1. The van der Waals surface area contributed by atoms with Gasteiger partial charge in [0.05, 0.1) is 32.6 Å². The number of piperidine rings is 1. The lowest BCUT2D eigenvalue weighted by Crippen LogP contribution is -2.30. The normalized spacial score (nSPS) is 17.4. The number of hydrogen-bond donors (Lipinski definition) is 0. The Balaban J connectivity index is 1.60. The van der Waals surface area contributed by atoms with Gasteiger partial charge in [-0.25, -0.2) is 13.4 Å². The van der Waals surface area contributed by atoms with Crippen LogP contribution in [0.25, 0.3) is 0 Å². The van der Waals surface area contributed by atoms with Crippen LogP contribution < -0.4 is 14.8 Å². The Kier molecular flexibility index (Phi) is 8.68. The van der Waals surface area contributed by atoms with E-state index in [1.165, 1.54) is 37.7 Å². The van der Waals surface area contributed by atoms with E-state index in [1.807, 2.05) is 19.9 Å². The van der Waals surface area contributed by atoms with Gasteiger partial charge in [-0.3, -0.25) is 0 Å². The summed E-state index contributed by atoms with van der Waals surface area (Å²) < 4.78 is 32.4. The fourth-order valence-corrected chi connectivity index (χ4v) is 7.26. The molecule has 1 atom stereocenters. The van der Waals surface area contributed by atoms with Crippen molar-refractivity contribution in [2.24, 2.45) is 10.6 Å². The first kappa shape index (κ1) is 30.8. The standard InChI is InChI=1S/C29H34ClN7O5S/c1-17(2)43(40,41)25-9-7-6-8-23(25)36(33-38)28-22(30)16-31-29(32-28)37(34-39)24-14-18(3)26(20-10-12-35(5)13-11-20)21-15-19(4)42-27(21)24/h6-9,14,16-17,19-20H,10-13,15H2,1-5H3/t19-/m1/s1. The molecule has 0 saturated carbocycles. The number of likely N-dealkylation sites (tertiary alicyclic amines) is 1. The minimum Gasteiger partial charge on any atom is -0.488 e. The van der Waals surface area contributed by atoms with Crippen LogP contribution in [-0.4, -0.2) is 54.8 Å². The van der Waals surface area contributed by atoms with Crippen molar-refractivity contribution in [3.05, 3.63) is 68.1 Å². The first-order chi connectivity index (χ1) is 20.5. The number of hydrogen-bond acceptors (Lipinski definition) is 10. The molecule has 2 aliphatic heterocycles. The van der Waals surface area contributed by atoms with Crippen LogP contribution in [0, 0.1) is 16.7 Å². The van der Waals surface area contributed by atoms with E-state index in [2.05, 4.69) is 32.5 Å². The highest BCUT2D eigenvalue weighted by Gasteiger charge is 2.35. The van der Waals surface area contributed by atoms with Crippen molar-refractivity contribution in [3.8, 4) is 5.75 Å². The first-order valence-corrected chi connectivity index (χ1v) is 16.0. The number of aromatic nitrogens is 2. The summed E-state index contributed by atoms with van der Waals surface area (Å²) in [5.41, 5.74) is 3.63. The molecule has 1 saturated heterocycles. The average Bonchev–Trinajstić information content (AvgIpc) is 3.37. The molecule has 0 amide bonds. The molecule has 0 radical (unpaired) electrons. The quantitative estimate of drug-likeness (QED) is 0.194. The molecule has 3 aromatic rings. The molecule has 0 unspecified atom stereocenters. The Morgan fingerprint density at radius 3 is 2.42 bits per heavy atom. The zero-order valence-electron chi connectivity index (χ0n) is 24.7. The minimum atomic E-state index is -3.82. The fraction of sp³-hybridized carbons (Fsp3) is 0.448. The van der Waals surface area contributed by atoms with Crippen LogP contribution in [0.1, 0.15) is 56.2 Å². The minimum absolute atomic E-state index is 0.0419. The number of ether oxygens (including phenoxy) is 1. The highest BCUT2D eigenvalue weighted by molar-refractivity contribution is 7.92. The summed E-state index contributed by atoms with van der Waals surface area (Å²) in [5, 5.41) is 7.23. The molecule has 3 heterocycles. The number of rotatable bonds is 9. The third-order valence-electron chi connectivity index (χ3n) is 8.06. The average molecular weight is 628 g/mol. The lowest BCUT2D eigenvalue weighted by atomic mass is 9.82. The van der Waals surface area contributed by atoms with Gasteiger partial charge in [0.1, 0.15) is 22.6 Å². The van der Waals surface area contributed by atoms with Gasteiger partial charge in [-0.15, -0.1) is 9.81 Å². The zero-order valence-corrected chi connectivity index (χ0v) is 26.3. The Morgan fingerprint density at radius 1 is 1.09 bits per heavy atom. The van der Waals surface area contributed by atoms with Gasteiger partial charge in [-0.1, -0.05) is 23.7 Å². The number of aryl methyl sites for hydroxylation is 1. The van der Waals surface area contributed by atoms with E-state index >= 15 is 0 Å². The zero-order chi connectivity index (χ0) is 31.1. The second-order valence-electron chi connectivity index (χ2n) is 11.3. The molecule has 43 heavy (non-hydrogen) atoms. The van der Waals surface area contributed by atoms with Crippen LogP contribution in [0.4, 0.5) is 23.1 Å². The monoisotopic (exact) mass is 627 g/mol. The molecule has 2 aromatic carbocycles. The summed E-state index contributed by atoms with van der Waals surface area (Å²) >= 11 is 6.43. The predicted molar refractivity (Wildman–Crippen MR) is 166 cm³/mol. The summed E-state index contributed by atoms with van der Waals surface area (Å²) in [5.74, 6) is 0.514. The summed E-state index contributed by atoms with van der Waals surface area (Å²) in [6.45, 7) is 9.07. The van der Waals surface area contributed by atoms with Crippen molar-refractivity contribution < 1.29 is 13.2 Å². The van der Waals surface area contributed by atoms with Gasteiger partial charge < -0.3 is 9.64 Å². The maximum absolute atomic E-state index is 13.1. The fourth-order valence-electron chi connectivity index (χ4n) is 5.86. The molecular weight excluding hydrogens is 594 g/mol. The second-order valence-corrected chi connectivity index (χ2v) is 14.2. The van der Waals surface area contributed by atoms with E-state index in [4.69, 9.17) is 16.3 Å². The number of benzene rings is 2. The number of para-hydroxylation sites is 1. The van der Waals surface area contributed by atoms with Gasteiger partial charge in [-0.2, -0.15) is 15.0 Å². The topological polar surface area (TPSA) is 138 Å². The molecule has 12 nitrogen and oxygen atoms in total. The van der Waals surface area contributed by atoms with E-state index in [9.17, 15) is 18.2 Å². The predicted octanol–water partition coefficient (Wildman–Crippen LogP) is 6.39. The van der Waals surface area contributed by atoms with Gasteiger partial charge in [0, 0.05) is 12.0 Å². The molecular formula is C29H34ClN7O5S. The summed E-state index contributed by atoms with van der Waals surface area (Å²) in [4.78, 5) is 35.4. The molecule has 0 aliphatic carbocycles. The maximum Gasteiger partial charge on any atom is 0.255 e. The van der Waals surface area contributed by atoms with Crippen LogP contribution in [-0.2, 0) is 16.3 Å². The third kappa shape index (κ3) is 5.68. The molecule has 228 valence electrons. The van der Waals surface area contributed by atoms with Crippen molar-refractivity contribution in [2.45, 2.75) is 69.1 Å². The Hall–Kier alpha value is -3.68. The molecule has 0 bridgehead atoms. The van der Waals surface area contributed by atoms with Gasteiger partial charge in [0.15, 0.2) is 15.7 Å². The van der Waals surface area contributed by atoms with Crippen molar-refractivity contribution in [1.82, 2.24) is 14.9 Å². The van der Waals surface area contributed by atoms with Gasteiger partial charge in [0.2, 0.25) is 0 Å². The highest BCUT2D eigenvalue weighted by atomic mass is 35.5. The van der Waals surface area contributed by atoms with Crippen molar-refractivity contribution >= 4 is 44.6 Å². The molecule has 1 fully saturated rings. The molecule has 0 N–H and O–H groups in total. The van der Waals surface area contributed by atoms with E-state index < -0.39 is 15.1 Å². The van der Waals surface area contributed by atoms with Crippen LogP contribution in [0.2, 0.25) is 5.02 Å². The maximum atomic E-state index is 13.1. The van der Waals surface area contributed by atoms with Crippen molar-refractivity contribution in [3.63, 3.8) is 0 Å². The Bertz CT molecular complexity index is 1660. The van der Waals surface area contributed by atoms with Crippen LogP contribution >= 0.6 is 11.6 Å².